The Kier molecular flexibility index (Phi) is 6.15. The van der Waals surface area contributed by atoms with Gasteiger partial charge in [0, 0.05) is 38.9 Å². The Balaban J connectivity index is 2.53. The van der Waals surface area contributed by atoms with Crippen molar-refractivity contribution in [3.63, 3.8) is 0 Å². The molecule has 104 valence electrons. The third-order valence-electron chi connectivity index (χ3n) is 3.59. The standard InChI is InChI=1S/C13H26N4O/c1-5-8-15-12(14-2)16-11-13(17(3)4)6-9-18-10-7-13/h5H,1,6-11H2,2-4H3,(H2,14,15,16). The fourth-order valence-corrected chi connectivity index (χ4v) is 2.17. The van der Waals surface area contributed by atoms with Crippen molar-refractivity contribution in [1.29, 1.82) is 0 Å². The van der Waals surface area contributed by atoms with Crippen molar-refractivity contribution in [1.82, 2.24) is 15.5 Å². The van der Waals surface area contributed by atoms with Crippen LogP contribution in [-0.2, 0) is 4.74 Å². The molecule has 0 aromatic heterocycles. The summed E-state index contributed by atoms with van der Waals surface area (Å²) in [5.74, 6) is 0.822. The number of hydrogen-bond donors (Lipinski definition) is 2. The molecule has 1 heterocycles. The molecule has 0 amide bonds. The van der Waals surface area contributed by atoms with Crippen molar-refractivity contribution in [3.8, 4) is 0 Å². The first-order valence-electron chi connectivity index (χ1n) is 6.45. The lowest BCUT2D eigenvalue weighted by molar-refractivity contribution is -0.00500. The lowest BCUT2D eigenvalue weighted by Crippen LogP contribution is -2.57. The normalized spacial score (nSPS) is 19.7. The Bertz CT molecular complexity index is 283. The van der Waals surface area contributed by atoms with E-state index in [-0.39, 0.29) is 5.54 Å². The molecular weight excluding hydrogens is 228 g/mol. The van der Waals surface area contributed by atoms with Gasteiger partial charge in [0.1, 0.15) is 0 Å². The van der Waals surface area contributed by atoms with Gasteiger partial charge in [0.2, 0.25) is 0 Å². The smallest absolute Gasteiger partial charge is 0.191 e. The number of aliphatic imine (C=N–C) groups is 1. The fourth-order valence-electron chi connectivity index (χ4n) is 2.17. The van der Waals surface area contributed by atoms with Gasteiger partial charge in [0.25, 0.3) is 0 Å². The van der Waals surface area contributed by atoms with Crippen molar-refractivity contribution in [3.05, 3.63) is 12.7 Å². The molecule has 0 aliphatic carbocycles. The third kappa shape index (κ3) is 3.99. The van der Waals surface area contributed by atoms with Crippen molar-refractivity contribution < 1.29 is 4.74 Å². The first kappa shape index (κ1) is 15.0. The maximum Gasteiger partial charge on any atom is 0.191 e. The van der Waals surface area contributed by atoms with E-state index in [4.69, 9.17) is 4.74 Å². The fraction of sp³-hybridized carbons (Fsp3) is 0.769. The van der Waals surface area contributed by atoms with Crippen LogP contribution in [0.1, 0.15) is 12.8 Å². The minimum Gasteiger partial charge on any atom is -0.381 e. The van der Waals surface area contributed by atoms with Crippen LogP contribution in [0.25, 0.3) is 0 Å². The minimum atomic E-state index is 0.157. The number of rotatable bonds is 5. The lowest BCUT2D eigenvalue weighted by Gasteiger charge is -2.43. The van der Waals surface area contributed by atoms with Crippen LogP contribution in [0.4, 0.5) is 0 Å². The van der Waals surface area contributed by atoms with Gasteiger partial charge in [-0.1, -0.05) is 6.08 Å². The van der Waals surface area contributed by atoms with Gasteiger partial charge in [0.05, 0.1) is 0 Å². The monoisotopic (exact) mass is 254 g/mol. The second kappa shape index (κ2) is 7.38. The molecule has 1 fully saturated rings. The van der Waals surface area contributed by atoms with Gasteiger partial charge >= 0.3 is 0 Å². The maximum atomic E-state index is 5.46. The van der Waals surface area contributed by atoms with Crippen LogP contribution in [0.5, 0.6) is 0 Å². The van der Waals surface area contributed by atoms with Gasteiger partial charge < -0.3 is 20.3 Å². The average molecular weight is 254 g/mol. The van der Waals surface area contributed by atoms with Gasteiger partial charge in [-0.05, 0) is 26.9 Å². The van der Waals surface area contributed by atoms with Crippen molar-refractivity contribution >= 4 is 5.96 Å². The molecule has 1 rings (SSSR count). The summed E-state index contributed by atoms with van der Waals surface area (Å²) in [5, 5.41) is 6.58. The molecule has 1 aliphatic heterocycles. The summed E-state index contributed by atoms with van der Waals surface area (Å²) in [6.45, 7) is 6.95. The quantitative estimate of drug-likeness (QED) is 0.425. The van der Waals surface area contributed by atoms with Crippen molar-refractivity contribution in [2.24, 2.45) is 4.99 Å². The van der Waals surface area contributed by atoms with E-state index in [9.17, 15) is 0 Å². The van der Waals surface area contributed by atoms with Gasteiger partial charge in [-0.2, -0.15) is 0 Å². The summed E-state index contributed by atoms with van der Waals surface area (Å²) in [6, 6.07) is 0. The van der Waals surface area contributed by atoms with E-state index in [0.29, 0.717) is 0 Å². The molecule has 0 atom stereocenters. The highest BCUT2D eigenvalue weighted by molar-refractivity contribution is 5.79. The van der Waals surface area contributed by atoms with Crippen LogP contribution in [0.15, 0.2) is 17.6 Å². The molecular formula is C13H26N4O. The van der Waals surface area contributed by atoms with E-state index in [1.807, 2.05) is 6.08 Å². The van der Waals surface area contributed by atoms with Crippen LogP contribution in [0, 0.1) is 0 Å². The summed E-state index contributed by atoms with van der Waals surface area (Å²) in [7, 11) is 6.05. The third-order valence-corrected chi connectivity index (χ3v) is 3.59. The molecule has 18 heavy (non-hydrogen) atoms. The number of hydrogen-bond acceptors (Lipinski definition) is 3. The molecule has 1 saturated heterocycles. The number of guanidine groups is 1. The van der Waals surface area contributed by atoms with Crippen LogP contribution in [0.3, 0.4) is 0 Å². The topological polar surface area (TPSA) is 48.9 Å². The van der Waals surface area contributed by atoms with Gasteiger partial charge in [0.15, 0.2) is 5.96 Å². The maximum absolute atomic E-state index is 5.46. The first-order chi connectivity index (χ1) is 8.64. The Morgan fingerprint density at radius 1 is 1.39 bits per heavy atom. The van der Waals surface area contributed by atoms with Crippen LogP contribution in [-0.4, -0.2) is 63.8 Å². The second-order valence-corrected chi connectivity index (χ2v) is 4.83. The number of ether oxygens (including phenoxy) is 1. The molecule has 2 N–H and O–H groups in total. The number of nitrogens with one attached hydrogen (secondary N) is 2. The summed E-state index contributed by atoms with van der Waals surface area (Å²) in [6.07, 6.45) is 3.92. The highest BCUT2D eigenvalue weighted by atomic mass is 16.5. The highest BCUT2D eigenvalue weighted by Crippen LogP contribution is 2.24. The highest BCUT2D eigenvalue weighted by Gasteiger charge is 2.34. The lowest BCUT2D eigenvalue weighted by atomic mass is 9.88. The van der Waals surface area contributed by atoms with Crippen LogP contribution >= 0.6 is 0 Å². The summed E-state index contributed by atoms with van der Waals surface area (Å²) in [5.41, 5.74) is 0.157. The zero-order chi connectivity index (χ0) is 13.4. The van der Waals surface area contributed by atoms with E-state index in [0.717, 1.165) is 45.1 Å². The Morgan fingerprint density at radius 2 is 2.06 bits per heavy atom. The Hall–Kier alpha value is -1.07. The summed E-state index contributed by atoms with van der Waals surface area (Å²) >= 11 is 0. The van der Waals surface area contributed by atoms with Gasteiger partial charge in [-0.15, -0.1) is 6.58 Å². The predicted molar refractivity (Wildman–Crippen MR) is 76.0 cm³/mol. The number of nitrogens with zero attached hydrogens (tertiary/aromatic N) is 2. The summed E-state index contributed by atoms with van der Waals surface area (Å²) < 4.78 is 5.46. The molecule has 0 saturated carbocycles. The zero-order valence-corrected chi connectivity index (χ0v) is 11.8. The molecule has 5 nitrogen and oxygen atoms in total. The molecule has 5 heteroatoms. The Labute approximate surface area is 110 Å². The van der Waals surface area contributed by atoms with Crippen LogP contribution in [0.2, 0.25) is 0 Å². The zero-order valence-electron chi connectivity index (χ0n) is 11.8. The molecule has 0 spiro atoms. The molecule has 1 aliphatic rings. The average Bonchev–Trinajstić information content (AvgIpc) is 2.40. The van der Waals surface area contributed by atoms with Gasteiger partial charge in [-0.3, -0.25) is 4.99 Å². The molecule has 0 bridgehead atoms. The van der Waals surface area contributed by atoms with E-state index in [1.54, 1.807) is 7.05 Å². The second-order valence-electron chi connectivity index (χ2n) is 4.83. The van der Waals surface area contributed by atoms with Crippen molar-refractivity contribution in [2.45, 2.75) is 18.4 Å². The molecule has 0 aromatic rings. The Morgan fingerprint density at radius 3 is 2.56 bits per heavy atom. The predicted octanol–water partition coefficient (Wildman–Crippen LogP) is 0.448. The van der Waals surface area contributed by atoms with Crippen LogP contribution < -0.4 is 10.6 Å². The van der Waals surface area contributed by atoms with E-state index in [2.05, 4.69) is 41.2 Å². The largest absolute Gasteiger partial charge is 0.381 e. The summed E-state index contributed by atoms with van der Waals surface area (Å²) in [4.78, 5) is 6.49. The van der Waals surface area contributed by atoms with Crippen molar-refractivity contribution in [2.75, 3.05) is 47.4 Å². The minimum absolute atomic E-state index is 0.157. The van der Waals surface area contributed by atoms with Gasteiger partial charge in [-0.25, -0.2) is 0 Å². The SMILES string of the molecule is C=CCNC(=NC)NCC1(N(C)C)CCOCC1. The molecule has 0 aromatic carbocycles. The first-order valence-corrected chi connectivity index (χ1v) is 6.45. The molecule has 0 unspecified atom stereocenters. The van der Waals surface area contributed by atoms with E-state index >= 15 is 0 Å². The van der Waals surface area contributed by atoms with E-state index in [1.165, 1.54) is 0 Å². The number of likely N-dealkylation sites (N-methyl/N-ethyl adjacent to an activating group) is 1. The molecule has 0 radical (unpaired) electrons. The van der Waals surface area contributed by atoms with E-state index < -0.39 is 0 Å².